The molecule has 1 aromatic carbocycles. The lowest BCUT2D eigenvalue weighted by atomic mass is 10.1. The van der Waals surface area contributed by atoms with Crippen LogP contribution in [0.2, 0.25) is 10.0 Å². The van der Waals surface area contributed by atoms with E-state index in [9.17, 15) is 13.6 Å². The van der Waals surface area contributed by atoms with E-state index in [1.165, 1.54) is 6.07 Å². The Morgan fingerprint density at radius 2 is 2.00 bits per heavy atom. The van der Waals surface area contributed by atoms with E-state index < -0.39 is 6.61 Å². The highest BCUT2D eigenvalue weighted by atomic mass is 79.9. The fourth-order valence-electron chi connectivity index (χ4n) is 1.00. The van der Waals surface area contributed by atoms with Gasteiger partial charge in [0.1, 0.15) is 5.75 Å². The van der Waals surface area contributed by atoms with Crippen LogP contribution in [0.5, 0.6) is 5.75 Å². The van der Waals surface area contributed by atoms with Gasteiger partial charge in [-0.3, -0.25) is 4.79 Å². The normalized spacial score (nSPS) is 10.6. The zero-order valence-corrected chi connectivity index (χ0v) is 10.7. The van der Waals surface area contributed by atoms with E-state index in [0.717, 1.165) is 6.07 Å². The fourth-order valence-corrected chi connectivity index (χ4v) is 1.77. The standard InChI is InChI=1S/C9H5BrCl2F2O2/c10-3-7(15)4-1-6(12)8(2-5(4)11)16-9(13)14/h1-2,9H,3H2. The molecule has 1 aromatic rings. The SMILES string of the molecule is O=C(CBr)c1cc(Cl)c(OC(F)F)cc1Cl. The molecule has 0 fully saturated rings. The number of hydrogen-bond donors (Lipinski definition) is 0. The summed E-state index contributed by atoms with van der Waals surface area (Å²) >= 11 is 14.4. The summed E-state index contributed by atoms with van der Waals surface area (Å²) in [6, 6.07) is 2.29. The van der Waals surface area contributed by atoms with Crippen LogP contribution in [0.4, 0.5) is 8.78 Å². The molecule has 0 heterocycles. The Hall–Kier alpha value is -0.390. The zero-order chi connectivity index (χ0) is 12.3. The van der Waals surface area contributed by atoms with Crippen molar-refractivity contribution < 1.29 is 18.3 Å². The minimum absolute atomic E-state index is 0.0181. The largest absolute Gasteiger partial charge is 0.433 e. The maximum absolute atomic E-state index is 12.0. The van der Waals surface area contributed by atoms with E-state index in [1.54, 1.807) is 0 Å². The topological polar surface area (TPSA) is 26.3 Å². The van der Waals surface area contributed by atoms with Gasteiger partial charge in [0.25, 0.3) is 0 Å². The van der Waals surface area contributed by atoms with Crippen molar-refractivity contribution in [3.05, 3.63) is 27.7 Å². The van der Waals surface area contributed by atoms with Crippen LogP contribution in [0, 0.1) is 0 Å². The number of ketones is 1. The number of Topliss-reactive ketones (excluding diaryl/α,β-unsaturated/α-hetero) is 1. The summed E-state index contributed by atoms with van der Waals surface area (Å²) in [5.74, 6) is -0.553. The third-order valence-corrected chi connectivity index (χ3v) is 2.78. The highest BCUT2D eigenvalue weighted by molar-refractivity contribution is 9.09. The summed E-state index contributed by atoms with van der Waals surface area (Å²) in [5.41, 5.74) is 0.158. The van der Waals surface area contributed by atoms with Crippen LogP contribution in [-0.2, 0) is 0 Å². The van der Waals surface area contributed by atoms with E-state index in [-0.39, 0.29) is 32.5 Å². The molecule has 0 saturated heterocycles. The third kappa shape index (κ3) is 3.30. The molecule has 0 atom stereocenters. The second-order valence-corrected chi connectivity index (χ2v) is 4.07. The Labute approximate surface area is 109 Å². The van der Waals surface area contributed by atoms with Gasteiger partial charge in [-0.1, -0.05) is 39.1 Å². The van der Waals surface area contributed by atoms with E-state index in [4.69, 9.17) is 23.2 Å². The summed E-state index contributed by atoms with van der Waals surface area (Å²) in [7, 11) is 0. The summed E-state index contributed by atoms with van der Waals surface area (Å²) < 4.78 is 28.0. The fraction of sp³-hybridized carbons (Fsp3) is 0.222. The molecule has 0 aliphatic rings. The molecule has 1 rings (SSSR count). The molecule has 0 unspecified atom stereocenters. The molecule has 0 radical (unpaired) electrons. The predicted octanol–water partition coefficient (Wildman–Crippen LogP) is 4.17. The van der Waals surface area contributed by atoms with Gasteiger partial charge in [0.15, 0.2) is 5.78 Å². The first-order valence-corrected chi connectivity index (χ1v) is 5.86. The van der Waals surface area contributed by atoms with Crippen LogP contribution < -0.4 is 4.74 Å². The van der Waals surface area contributed by atoms with Crippen molar-refractivity contribution in [3.8, 4) is 5.75 Å². The number of alkyl halides is 3. The molecule has 88 valence electrons. The van der Waals surface area contributed by atoms with E-state index in [2.05, 4.69) is 20.7 Å². The van der Waals surface area contributed by atoms with Gasteiger partial charge < -0.3 is 4.74 Å². The second-order valence-electron chi connectivity index (χ2n) is 2.70. The molecule has 0 spiro atoms. The minimum atomic E-state index is -2.99. The van der Waals surface area contributed by atoms with Crippen LogP contribution in [0.3, 0.4) is 0 Å². The van der Waals surface area contributed by atoms with Crippen molar-refractivity contribution >= 4 is 44.9 Å². The molecule has 0 aromatic heterocycles. The lowest BCUT2D eigenvalue weighted by Crippen LogP contribution is -2.05. The Bertz CT molecular complexity index is 413. The average molecular weight is 334 g/mol. The highest BCUT2D eigenvalue weighted by Crippen LogP contribution is 2.32. The lowest BCUT2D eigenvalue weighted by Gasteiger charge is -2.09. The maximum atomic E-state index is 12.0. The maximum Gasteiger partial charge on any atom is 0.387 e. The van der Waals surface area contributed by atoms with Crippen molar-refractivity contribution in [2.24, 2.45) is 0 Å². The van der Waals surface area contributed by atoms with Crippen molar-refractivity contribution in [1.29, 1.82) is 0 Å². The van der Waals surface area contributed by atoms with Crippen LogP contribution in [0.25, 0.3) is 0 Å². The first-order valence-electron chi connectivity index (χ1n) is 3.98. The molecule has 0 N–H and O–H groups in total. The van der Waals surface area contributed by atoms with Crippen LogP contribution in [0.1, 0.15) is 10.4 Å². The van der Waals surface area contributed by atoms with E-state index >= 15 is 0 Å². The Morgan fingerprint density at radius 3 is 2.50 bits per heavy atom. The van der Waals surface area contributed by atoms with Crippen molar-refractivity contribution in [3.63, 3.8) is 0 Å². The van der Waals surface area contributed by atoms with Crippen LogP contribution >= 0.6 is 39.1 Å². The molecule has 0 saturated carbocycles. The smallest absolute Gasteiger partial charge is 0.387 e. The lowest BCUT2D eigenvalue weighted by molar-refractivity contribution is -0.0497. The van der Waals surface area contributed by atoms with Crippen molar-refractivity contribution in [1.82, 2.24) is 0 Å². The third-order valence-electron chi connectivity index (χ3n) is 1.66. The number of rotatable bonds is 4. The van der Waals surface area contributed by atoms with Crippen LogP contribution in [-0.4, -0.2) is 17.7 Å². The van der Waals surface area contributed by atoms with Gasteiger partial charge >= 0.3 is 6.61 Å². The summed E-state index contributed by atoms with van der Waals surface area (Å²) in [5, 5.41) is -0.00327. The number of carbonyl (C=O) groups is 1. The first-order chi connectivity index (χ1) is 7.45. The van der Waals surface area contributed by atoms with Crippen molar-refractivity contribution in [2.45, 2.75) is 6.61 Å². The molecule has 0 aliphatic heterocycles. The zero-order valence-electron chi connectivity index (χ0n) is 7.65. The molecule has 0 bridgehead atoms. The Morgan fingerprint density at radius 1 is 1.38 bits per heavy atom. The molecule has 16 heavy (non-hydrogen) atoms. The molecule has 7 heteroatoms. The summed E-state index contributed by atoms with van der Waals surface area (Å²) in [6.07, 6.45) is 0. The average Bonchev–Trinajstić information content (AvgIpc) is 2.21. The van der Waals surface area contributed by atoms with Gasteiger partial charge in [-0.15, -0.1) is 0 Å². The second kappa shape index (κ2) is 5.80. The number of hydrogen-bond acceptors (Lipinski definition) is 2. The minimum Gasteiger partial charge on any atom is -0.433 e. The predicted molar refractivity (Wildman–Crippen MR) is 61.2 cm³/mol. The first kappa shape index (κ1) is 13.7. The molecule has 0 aliphatic carbocycles. The Balaban J connectivity index is 3.11. The Kier molecular flexibility index (Phi) is 4.95. The van der Waals surface area contributed by atoms with E-state index in [0.29, 0.717) is 0 Å². The number of benzene rings is 1. The summed E-state index contributed by atoms with van der Waals surface area (Å²) in [6.45, 7) is -2.99. The molecular formula is C9H5BrCl2F2O2. The van der Waals surface area contributed by atoms with Gasteiger partial charge in [0.05, 0.1) is 15.4 Å². The van der Waals surface area contributed by atoms with E-state index in [1.807, 2.05) is 0 Å². The van der Waals surface area contributed by atoms with Gasteiger partial charge in [0.2, 0.25) is 0 Å². The van der Waals surface area contributed by atoms with Gasteiger partial charge in [-0.25, -0.2) is 0 Å². The van der Waals surface area contributed by atoms with Crippen molar-refractivity contribution in [2.75, 3.05) is 5.33 Å². The monoisotopic (exact) mass is 332 g/mol. The highest BCUT2D eigenvalue weighted by Gasteiger charge is 2.15. The molecule has 2 nitrogen and oxygen atoms in total. The van der Waals surface area contributed by atoms with Crippen LogP contribution in [0.15, 0.2) is 12.1 Å². The van der Waals surface area contributed by atoms with Gasteiger partial charge in [-0.05, 0) is 6.07 Å². The summed E-state index contributed by atoms with van der Waals surface area (Å²) in [4.78, 5) is 11.3. The quantitative estimate of drug-likeness (QED) is 0.610. The number of ether oxygens (including phenoxy) is 1. The number of halogens is 5. The van der Waals surface area contributed by atoms with Gasteiger partial charge in [-0.2, -0.15) is 8.78 Å². The molecular weight excluding hydrogens is 329 g/mol. The molecule has 0 amide bonds. The van der Waals surface area contributed by atoms with Gasteiger partial charge in [0, 0.05) is 11.6 Å². The number of carbonyl (C=O) groups excluding carboxylic acids is 1.